The van der Waals surface area contributed by atoms with Crippen molar-refractivity contribution in [1.82, 2.24) is 29.9 Å². The van der Waals surface area contributed by atoms with Crippen molar-refractivity contribution >= 4 is 11.9 Å². The topological polar surface area (TPSA) is 80.0 Å². The van der Waals surface area contributed by atoms with Crippen molar-refractivity contribution in [1.29, 1.82) is 0 Å². The van der Waals surface area contributed by atoms with Crippen LogP contribution in [0.4, 0.5) is 10.3 Å². The van der Waals surface area contributed by atoms with Gasteiger partial charge in [-0.3, -0.25) is 4.79 Å². The highest BCUT2D eigenvalue weighted by atomic mass is 19.1. The van der Waals surface area contributed by atoms with E-state index in [2.05, 4.69) is 25.1 Å². The number of hydrogen-bond acceptors (Lipinski definition) is 6. The zero-order chi connectivity index (χ0) is 21.7. The Balaban J connectivity index is 1.40. The number of fused-ring (bicyclic) bond motifs is 1. The number of likely N-dealkylation sites (tertiary alicyclic amines) is 1. The van der Waals surface area contributed by atoms with Crippen LogP contribution < -0.4 is 4.90 Å². The largest absolute Gasteiger partial charge is 0.339 e. The number of piperidine rings is 1. The number of hydrogen-bond donors (Lipinski definition) is 0. The summed E-state index contributed by atoms with van der Waals surface area (Å²) < 4.78 is 14.0. The summed E-state index contributed by atoms with van der Waals surface area (Å²) >= 11 is 0. The Morgan fingerprint density at radius 3 is 2.48 bits per heavy atom. The van der Waals surface area contributed by atoms with Gasteiger partial charge < -0.3 is 9.80 Å². The van der Waals surface area contributed by atoms with Gasteiger partial charge in [-0.05, 0) is 51.0 Å². The molecule has 31 heavy (non-hydrogen) atoms. The molecule has 0 bridgehead atoms. The molecule has 0 spiro atoms. The van der Waals surface area contributed by atoms with Crippen LogP contribution in [-0.4, -0.2) is 61.4 Å². The molecule has 2 aliphatic rings. The van der Waals surface area contributed by atoms with Gasteiger partial charge in [-0.25, -0.2) is 14.4 Å². The second-order valence-corrected chi connectivity index (χ2v) is 8.32. The summed E-state index contributed by atoms with van der Waals surface area (Å²) in [4.78, 5) is 28.1. The van der Waals surface area contributed by atoms with Gasteiger partial charge in [0.1, 0.15) is 5.82 Å². The first kappa shape index (κ1) is 19.6. The number of anilines is 1. The van der Waals surface area contributed by atoms with Gasteiger partial charge in [-0.1, -0.05) is 0 Å². The molecule has 1 aromatic carbocycles. The molecule has 0 radical (unpaired) electrons. The second kappa shape index (κ2) is 7.40. The van der Waals surface area contributed by atoms with E-state index < -0.39 is 5.82 Å². The summed E-state index contributed by atoms with van der Waals surface area (Å²) in [6.07, 6.45) is 4.03. The predicted molar refractivity (Wildman–Crippen MR) is 113 cm³/mol. The van der Waals surface area contributed by atoms with Crippen molar-refractivity contribution in [2.24, 2.45) is 5.92 Å². The number of rotatable bonds is 3. The zero-order valence-electron chi connectivity index (χ0n) is 17.8. The molecule has 9 heteroatoms. The molecule has 2 atom stereocenters. The van der Waals surface area contributed by atoms with Gasteiger partial charge in [-0.2, -0.15) is 15.0 Å². The Bertz CT molecular complexity index is 1120. The molecule has 3 aromatic rings. The van der Waals surface area contributed by atoms with E-state index in [1.165, 1.54) is 29.3 Å². The predicted octanol–water partition coefficient (Wildman–Crippen LogP) is 2.47. The SMILES string of the molecule is Cc1nc(N2CCC3CN(C(=O)c4cc(F)ccc4-n4nccn4)C3C2)nc(C)c1C. The zero-order valence-corrected chi connectivity index (χ0v) is 17.8. The van der Waals surface area contributed by atoms with Crippen molar-refractivity contribution in [2.45, 2.75) is 33.2 Å². The molecule has 8 nitrogen and oxygen atoms in total. The highest BCUT2D eigenvalue weighted by Crippen LogP contribution is 2.35. The lowest BCUT2D eigenvalue weighted by Crippen LogP contribution is -2.66. The van der Waals surface area contributed by atoms with Crippen molar-refractivity contribution in [3.8, 4) is 5.69 Å². The quantitative estimate of drug-likeness (QED) is 0.646. The first-order valence-electron chi connectivity index (χ1n) is 10.5. The number of carbonyl (C=O) groups is 1. The van der Waals surface area contributed by atoms with Crippen LogP contribution in [0.5, 0.6) is 0 Å². The number of amides is 1. The molecule has 2 aromatic heterocycles. The third kappa shape index (κ3) is 3.34. The molecule has 0 aliphatic carbocycles. The average Bonchev–Trinajstić information content (AvgIpc) is 3.27. The fourth-order valence-corrected chi connectivity index (χ4v) is 4.46. The van der Waals surface area contributed by atoms with Gasteiger partial charge in [0, 0.05) is 36.9 Å². The van der Waals surface area contributed by atoms with Crippen molar-refractivity contribution in [2.75, 3.05) is 24.5 Å². The molecule has 2 fully saturated rings. The lowest BCUT2D eigenvalue weighted by Gasteiger charge is -2.53. The second-order valence-electron chi connectivity index (χ2n) is 8.32. The number of aromatic nitrogens is 5. The van der Waals surface area contributed by atoms with Crippen molar-refractivity contribution in [3.05, 3.63) is 58.9 Å². The van der Waals surface area contributed by atoms with Gasteiger partial charge in [0.2, 0.25) is 5.95 Å². The maximum Gasteiger partial charge on any atom is 0.256 e. The van der Waals surface area contributed by atoms with Crippen LogP contribution in [0.3, 0.4) is 0 Å². The standard InChI is InChI=1S/C22H24FN7O/c1-13-14(2)26-22(27-15(13)3)28-9-6-16-11-29(20(16)12-28)21(31)18-10-17(23)4-5-19(18)30-24-7-8-25-30/h4-5,7-8,10,16,20H,6,9,11-12H2,1-3H3. The number of carbonyl (C=O) groups excluding carboxylic acids is 1. The Kier molecular flexibility index (Phi) is 4.68. The van der Waals surface area contributed by atoms with E-state index in [4.69, 9.17) is 0 Å². The van der Waals surface area contributed by atoms with E-state index in [0.29, 0.717) is 30.6 Å². The van der Waals surface area contributed by atoms with Crippen LogP contribution in [0.1, 0.15) is 33.7 Å². The number of nitrogens with zero attached hydrogens (tertiary/aromatic N) is 7. The van der Waals surface area contributed by atoms with E-state index >= 15 is 0 Å². The summed E-state index contributed by atoms with van der Waals surface area (Å²) in [5, 5.41) is 8.21. The van der Waals surface area contributed by atoms with Crippen LogP contribution >= 0.6 is 0 Å². The summed E-state index contributed by atoms with van der Waals surface area (Å²) in [5.41, 5.74) is 3.79. The molecule has 0 N–H and O–H groups in total. The molecule has 4 heterocycles. The number of aryl methyl sites for hydroxylation is 2. The van der Waals surface area contributed by atoms with Gasteiger partial charge in [-0.15, -0.1) is 0 Å². The third-order valence-corrected chi connectivity index (χ3v) is 6.54. The molecule has 1 amide bonds. The van der Waals surface area contributed by atoms with E-state index in [0.717, 1.165) is 29.9 Å². The molecule has 5 rings (SSSR count). The minimum Gasteiger partial charge on any atom is -0.339 e. The molecule has 2 aliphatic heterocycles. The minimum absolute atomic E-state index is 0.0495. The highest BCUT2D eigenvalue weighted by molar-refractivity contribution is 5.98. The van der Waals surface area contributed by atoms with E-state index in [-0.39, 0.29) is 17.5 Å². The maximum atomic E-state index is 14.0. The van der Waals surface area contributed by atoms with Crippen LogP contribution in [0.2, 0.25) is 0 Å². The first-order valence-corrected chi connectivity index (χ1v) is 10.5. The van der Waals surface area contributed by atoms with Crippen LogP contribution in [-0.2, 0) is 0 Å². The minimum atomic E-state index is -0.458. The Morgan fingerprint density at radius 2 is 1.77 bits per heavy atom. The monoisotopic (exact) mass is 421 g/mol. The smallest absolute Gasteiger partial charge is 0.256 e. The summed E-state index contributed by atoms with van der Waals surface area (Å²) in [7, 11) is 0. The van der Waals surface area contributed by atoms with E-state index in [1.54, 1.807) is 6.07 Å². The summed E-state index contributed by atoms with van der Waals surface area (Å²) in [5.74, 6) is 0.492. The van der Waals surface area contributed by atoms with Crippen LogP contribution in [0.15, 0.2) is 30.6 Å². The molecular formula is C22H24FN7O. The van der Waals surface area contributed by atoms with Crippen LogP contribution in [0.25, 0.3) is 5.69 Å². The van der Waals surface area contributed by atoms with Gasteiger partial charge in [0.05, 0.1) is 29.7 Å². The average molecular weight is 421 g/mol. The lowest BCUT2D eigenvalue weighted by atomic mass is 9.81. The van der Waals surface area contributed by atoms with Gasteiger partial charge in [0.15, 0.2) is 0 Å². The van der Waals surface area contributed by atoms with Crippen LogP contribution in [0, 0.1) is 32.5 Å². The first-order chi connectivity index (χ1) is 14.9. The van der Waals surface area contributed by atoms with E-state index in [9.17, 15) is 9.18 Å². The fraction of sp³-hybridized carbons (Fsp3) is 0.409. The maximum absolute atomic E-state index is 14.0. The van der Waals surface area contributed by atoms with Crippen molar-refractivity contribution in [3.63, 3.8) is 0 Å². The van der Waals surface area contributed by atoms with E-state index in [1.807, 2.05) is 25.7 Å². The third-order valence-electron chi connectivity index (χ3n) is 6.54. The summed E-state index contributed by atoms with van der Waals surface area (Å²) in [6, 6.07) is 4.17. The molecule has 2 saturated heterocycles. The Labute approximate surface area is 179 Å². The lowest BCUT2D eigenvalue weighted by molar-refractivity contribution is 0.00762. The fourth-order valence-electron chi connectivity index (χ4n) is 4.46. The molecule has 0 saturated carbocycles. The number of benzene rings is 1. The Hall–Kier alpha value is -3.36. The van der Waals surface area contributed by atoms with Gasteiger partial charge in [0.25, 0.3) is 5.91 Å². The molecule has 2 unspecified atom stereocenters. The summed E-state index contributed by atoms with van der Waals surface area (Å²) in [6.45, 7) is 8.23. The highest BCUT2D eigenvalue weighted by Gasteiger charge is 2.46. The molecule has 160 valence electrons. The van der Waals surface area contributed by atoms with Gasteiger partial charge >= 0.3 is 0 Å². The number of halogens is 1. The Morgan fingerprint density at radius 1 is 1.06 bits per heavy atom. The molecular weight excluding hydrogens is 397 g/mol. The normalized spacial score (nSPS) is 20.4. The van der Waals surface area contributed by atoms with Crippen molar-refractivity contribution < 1.29 is 9.18 Å².